The minimum atomic E-state index is -0.637. The molecule has 3 heterocycles. The van der Waals surface area contributed by atoms with Crippen LogP contribution in [0.5, 0.6) is 11.5 Å². The SMILES string of the molecule is CC(C)(C)c1cc(-c2cc(C(C)(C)C)cc(-c3cc(F)cc(F)c3)c2N2[CH-]N(c3[c-]c(Oc4[c-]c5c(cc4)c4ccccc4n5-c4cc(C(C)(C)C)ccn4)ccc3)c3ccccc32)cc(C(C)(C)C)c1.[Pt]. The largest absolute Gasteiger partial charge is 0.509 e. The van der Waals surface area contributed by atoms with Gasteiger partial charge in [-0.2, -0.15) is 12.1 Å². The summed E-state index contributed by atoms with van der Waals surface area (Å²) in [5, 5.41) is 2.15. The molecule has 5 nitrogen and oxygen atoms in total. The van der Waals surface area contributed by atoms with Crippen LogP contribution in [0.3, 0.4) is 0 Å². The Labute approximate surface area is 438 Å². The van der Waals surface area contributed by atoms with E-state index in [2.05, 4.69) is 201 Å². The number of halogens is 2. The van der Waals surface area contributed by atoms with Crippen LogP contribution in [0.15, 0.2) is 146 Å². The summed E-state index contributed by atoms with van der Waals surface area (Å²) in [5.74, 6) is 0.592. The van der Waals surface area contributed by atoms with E-state index < -0.39 is 11.6 Å². The number of nitrogens with zero attached hydrogens (tertiary/aromatic N) is 4. The Balaban J connectivity index is 0.00000640. The molecule has 370 valence electrons. The summed E-state index contributed by atoms with van der Waals surface area (Å²) in [4.78, 5) is 9.12. The zero-order valence-corrected chi connectivity index (χ0v) is 45.5. The summed E-state index contributed by atoms with van der Waals surface area (Å²) >= 11 is 0. The Bertz CT molecular complexity index is 3480. The zero-order valence-electron chi connectivity index (χ0n) is 43.2. The number of rotatable bonds is 7. The molecule has 0 saturated carbocycles. The van der Waals surface area contributed by atoms with E-state index >= 15 is 8.78 Å². The van der Waals surface area contributed by atoms with Gasteiger partial charge in [-0.15, -0.1) is 48.1 Å². The maximum Gasteiger partial charge on any atom is 0.135 e. The first-order valence-electron chi connectivity index (χ1n) is 24.5. The van der Waals surface area contributed by atoms with Crippen LogP contribution in [-0.2, 0) is 42.7 Å². The Morgan fingerprint density at radius 3 is 1.68 bits per heavy atom. The number of benzene rings is 7. The van der Waals surface area contributed by atoms with Crippen LogP contribution in [0.1, 0.15) is 105 Å². The van der Waals surface area contributed by atoms with Crippen molar-refractivity contribution in [2.75, 3.05) is 9.80 Å². The molecule has 0 bridgehead atoms. The number of para-hydroxylation sites is 3. The first kappa shape index (κ1) is 50.4. The summed E-state index contributed by atoms with van der Waals surface area (Å²) < 4.78 is 39.7. The minimum Gasteiger partial charge on any atom is -0.509 e. The van der Waals surface area contributed by atoms with Crippen molar-refractivity contribution < 1.29 is 34.6 Å². The van der Waals surface area contributed by atoms with E-state index in [9.17, 15) is 0 Å². The zero-order chi connectivity index (χ0) is 50.4. The number of pyridine rings is 1. The van der Waals surface area contributed by atoms with Gasteiger partial charge < -0.3 is 19.1 Å². The summed E-state index contributed by atoms with van der Waals surface area (Å²) in [6, 6.07) is 53.0. The molecule has 8 heteroatoms. The predicted molar refractivity (Wildman–Crippen MR) is 290 cm³/mol. The normalized spacial score (nSPS) is 13.2. The second-order valence-corrected chi connectivity index (χ2v) is 23.1. The van der Waals surface area contributed by atoms with Crippen LogP contribution in [-0.4, -0.2) is 9.55 Å². The van der Waals surface area contributed by atoms with Crippen molar-refractivity contribution in [1.29, 1.82) is 0 Å². The van der Waals surface area contributed by atoms with Crippen LogP contribution in [0.2, 0.25) is 0 Å². The Kier molecular flexibility index (Phi) is 12.9. The quantitative estimate of drug-likeness (QED) is 0.149. The van der Waals surface area contributed by atoms with Crippen molar-refractivity contribution in [3.05, 3.63) is 198 Å². The van der Waals surface area contributed by atoms with Crippen molar-refractivity contribution in [3.8, 4) is 39.6 Å². The number of hydrogen-bond acceptors (Lipinski definition) is 4. The van der Waals surface area contributed by atoms with E-state index in [4.69, 9.17) is 9.72 Å². The molecule has 0 amide bonds. The molecular formula is C64H61F2N4OPt-3. The van der Waals surface area contributed by atoms with E-state index in [0.29, 0.717) is 22.6 Å². The van der Waals surface area contributed by atoms with Gasteiger partial charge in [-0.3, -0.25) is 0 Å². The Hall–Kier alpha value is -6.56. The smallest absolute Gasteiger partial charge is 0.135 e. The Morgan fingerprint density at radius 2 is 1.06 bits per heavy atom. The van der Waals surface area contributed by atoms with Crippen molar-refractivity contribution in [2.45, 2.75) is 105 Å². The van der Waals surface area contributed by atoms with E-state index in [-0.39, 0.29) is 42.7 Å². The number of aromatic nitrogens is 2. The second kappa shape index (κ2) is 18.5. The van der Waals surface area contributed by atoms with E-state index in [1.807, 2.05) is 42.6 Å². The number of hydrogen-bond donors (Lipinski definition) is 0. The van der Waals surface area contributed by atoms with E-state index in [0.717, 1.165) is 73.1 Å². The van der Waals surface area contributed by atoms with Crippen LogP contribution < -0.4 is 14.5 Å². The van der Waals surface area contributed by atoms with Gasteiger partial charge in [0.2, 0.25) is 0 Å². The average molecular weight is 1140 g/mol. The second-order valence-electron chi connectivity index (χ2n) is 23.1. The van der Waals surface area contributed by atoms with Gasteiger partial charge in [-0.05, 0) is 115 Å². The molecule has 1 aliphatic heterocycles. The molecule has 1 aliphatic rings. The van der Waals surface area contributed by atoms with Gasteiger partial charge in [0.1, 0.15) is 17.5 Å². The van der Waals surface area contributed by atoms with Crippen molar-refractivity contribution in [3.63, 3.8) is 0 Å². The molecule has 9 aromatic rings. The van der Waals surface area contributed by atoms with Crippen LogP contribution in [0.25, 0.3) is 49.9 Å². The maximum atomic E-state index is 15.4. The standard InChI is InChI=1S/C64H61F2N4O.Pt/c1-61(2,3)42-26-27-67-59(35-42)70-55-21-14-13-20-51(55)52-25-24-50(38-58(52)70)71-49-19-17-18-48(37-49)68-39-69(57-23-16-15-22-56(57)68)60-53(40-28-43(62(4,5)6)32-44(29-40)63(7,8)9)33-45(64(10,11)12)34-54(60)41-30-46(65)36-47(66)31-41;/h13-36,39H,1-12H3;/q-3;. The Morgan fingerprint density at radius 1 is 0.500 bits per heavy atom. The van der Waals surface area contributed by atoms with Crippen molar-refractivity contribution in [1.82, 2.24) is 9.55 Å². The molecule has 0 aliphatic carbocycles. The van der Waals surface area contributed by atoms with E-state index in [1.54, 1.807) is 0 Å². The fourth-order valence-corrected chi connectivity index (χ4v) is 9.54. The monoisotopic (exact) mass is 1130 g/mol. The summed E-state index contributed by atoms with van der Waals surface area (Å²) in [5.41, 5.74) is 12.3. The summed E-state index contributed by atoms with van der Waals surface area (Å²) in [7, 11) is 0. The summed E-state index contributed by atoms with van der Waals surface area (Å²) in [6.07, 6.45) is 1.88. The summed E-state index contributed by atoms with van der Waals surface area (Å²) in [6.45, 7) is 28.7. The minimum absolute atomic E-state index is 0. The number of anilines is 4. The predicted octanol–water partition coefficient (Wildman–Crippen LogP) is 17.8. The third kappa shape index (κ3) is 9.61. The van der Waals surface area contributed by atoms with Gasteiger partial charge in [0, 0.05) is 78.5 Å². The molecule has 7 aromatic carbocycles. The molecule has 0 fully saturated rings. The topological polar surface area (TPSA) is 33.5 Å². The van der Waals surface area contributed by atoms with Crippen LogP contribution in [0, 0.1) is 30.4 Å². The van der Waals surface area contributed by atoms with Crippen molar-refractivity contribution in [2.24, 2.45) is 0 Å². The fraction of sp³-hybridized carbons (Fsp3) is 0.250. The van der Waals surface area contributed by atoms with Gasteiger partial charge in [0.05, 0.1) is 0 Å². The third-order valence-electron chi connectivity index (χ3n) is 13.6. The molecule has 0 radical (unpaired) electrons. The number of fused-ring (bicyclic) bond motifs is 4. The molecule has 0 N–H and O–H groups in total. The first-order valence-corrected chi connectivity index (χ1v) is 24.5. The van der Waals surface area contributed by atoms with Crippen LogP contribution in [0.4, 0.5) is 31.5 Å². The van der Waals surface area contributed by atoms with Crippen LogP contribution >= 0.6 is 0 Å². The van der Waals surface area contributed by atoms with E-state index in [1.165, 1.54) is 28.8 Å². The molecule has 0 atom stereocenters. The third-order valence-corrected chi connectivity index (χ3v) is 13.6. The van der Waals surface area contributed by atoms with Gasteiger partial charge in [-0.25, -0.2) is 13.8 Å². The number of ether oxygens (including phenoxy) is 1. The van der Waals surface area contributed by atoms with Gasteiger partial charge in [0.25, 0.3) is 0 Å². The fourth-order valence-electron chi connectivity index (χ4n) is 9.54. The van der Waals surface area contributed by atoms with Gasteiger partial charge >= 0.3 is 0 Å². The van der Waals surface area contributed by atoms with Crippen molar-refractivity contribution >= 4 is 44.6 Å². The molecular weight excluding hydrogens is 1070 g/mol. The van der Waals surface area contributed by atoms with Gasteiger partial charge in [0.15, 0.2) is 0 Å². The average Bonchev–Trinajstić information content (AvgIpc) is 3.85. The van der Waals surface area contributed by atoms with Gasteiger partial charge in [-0.1, -0.05) is 137 Å². The molecule has 0 unspecified atom stereocenters. The molecule has 72 heavy (non-hydrogen) atoms. The maximum absolute atomic E-state index is 15.4. The molecule has 0 saturated heterocycles. The first-order chi connectivity index (χ1) is 33.5. The molecule has 2 aromatic heterocycles. The molecule has 10 rings (SSSR count). The molecule has 0 spiro atoms.